The van der Waals surface area contributed by atoms with Crippen molar-refractivity contribution in [2.24, 2.45) is 5.73 Å². The van der Waals surface area contributed by atoms with Gasteiger partial charge in [-0.05, 0) is 36.3 Å². The van der Waals surface area contributed by atoms with Crippen LogP contribution in [0.5, 0.6) is 0 Å². The summed E-state index contributed by atoms with van der Waals surface area (Å²) in [6.45, 7) is 1.55. The maximum absolute atomic E-state index is 5.63. The Balaban J connectivity index is 2.36. The lowest BCUT2D eigenvalue weighted by atomic mass is 9.98. The van der Waals surface area contributed by atoms with E-state index in [2.05, 4.69) is 67.5 Å². The van der Waals surface area contributed by atoms with Crippen molar-refractivity contribution in [1.29, 1.82) is 0 Å². The van der Waals surface area contributed by atoms with Crippen LogP contribution in [0.25, 0.3) is 11.1 Å². The largest absolute Gasteiger partial charge is 0.326 e. The Labute approximate surface area is 109 Å². The van der Waals surface area contributed by atoms with Gasteiger partial charge >= 0.3 is 0 Å². The van der Waals surface area contributed by atoms with Crippen molar-refractivity contribution in [2.45, 2.75) is 13.1 Å². The zero-order chi connectivity index (χ0) is 13.0. The van der Waals surface area contributed by atoms with Gasteiger partial charge in [0, 0.05) is 13.1 Å². The predicted molar refractivity (Wildman–Crippen MR) is 77.2 cm³/mol. The van der Waals surface area contributed by atoms with E-state index in [0.29, 0.717) is 6.54 Å². The molecule has 0 atom stereocenters. The van der Waals surface area contributed by atoms with E-state index in [1.165, 1.54) is 22.3 Å². The predicted octanol–water partition coefficient (Wildman–Crippen LogP) is 2.87. The van der Waals surface area contributed by atoms with Gasteiger partial charge in [0.2, 0.25) is 0 Å². The van der Waals surface area contributed by atoms with Crippen molar-refractivity contribution >= 4 is 0 Å². The van der Waals surface area contributed by atoms with Crippen LogP contribution in [0.3, 0.4) is 0 Å². The van der Waals surface area contributed by atoms with Crippen LogP contribution < -0.4 is 5.73 Å². The van der Waals surface area contributed by atoms with E-state index in [4.69, 9.17) is 5.73 Å². The molecule has 0 aliphatic rings. The average molecular weight is 240 g/mol. The highest BCUT2D eigenvalue weighted by atomic mass is 15.0. The van der Waals surface area contributed by atoms with Gasteiger partial charge in [0.15, 0.2) is 0 Å². The molecule has 2 aromatic rings. The van der Waals surface area contributed by atoms with Crippen LogP contribution >= 0.6 is 0 Å². The minimum Gasteiger partial charge on any atom is -0.326 e. The maximum Gasteiger partial charge on any atom is 0.0233 e. The zero-order valence-electron chi connectivity index (χ0n) is 11.1. The van der Waals surface area contributed by atoms with Crippen LogP contribution in [0.2, 0.25) is 0 Å². The monoisotopic (exact) mass is 240 g/mol. The molecule has 0 fully saturated rings. The summed E-state index contributed by atoms with van der Waals surface area (Å²) < 4.78 is 0. The third kappa shape index (κ3) is 2.97. The van der Waals surface area contributed by atoms with Crippen LogP contribution in [0, 0.1) is 0 Å². The summed E-state index contributed by atoms with van der Waals surface area (Å²) in [4.78, 5) is 2.19. The smallest absolute Gasteiger partial charge is 0.0233 e. The molecule has 0 saturated carbocycles. The van der Waals surface area contributed by atoms with Gasteiger partial charge in [0.1, 0.15) is 0 Å². The molecular formula is C16H20N2. The van der Waals surface area contributed by atoms with E-state index >= 15 is 0 Å². The molecule has 0 aliphatic heterocycles. The quantitative estimate of drug-likeness (QED) is 0.890. The first kappa shape index (κ1) is 12.8. The summed E-state index contributed by atoms with van der Waals surface area (Å²) >= 11 is 0. The zero-order valence-corrected chi connectivity index (χ0v) is 11.1. The number of benzene rings is 2. The Morgan fingerprint density at radius 2 is 1.61 bits per heavy atom. The van der Waals surface area contributed by atoms with Crippen LogP contribution in [0.4, 0.5) is 0 Å². The van der Waals surface area contributed by atoms with Gasteiger partial charge in [-0.2, -0.15) is 0 Å². The molecule has 0 spiro atoms. The molecule has 0 aliphatic carbocycles. The van der Waals surface area contributed by atoms with E-state index in [1.54, 1.807) is 0 Å². The van der Waals surface area contributed by atoms with E-state index in [0.717, 1.165) is 6.54 Å². The standard InChI is InChI=1S/C16H20N2/c1-18(2)12-15-5-3-4-6-16(15)14-9-7-13(11-17)8-10-14/h3-10H,11-12,17H2,1-2H3. The van der Waals surface area contributed by atoms with Gasteiger partial charge in [-0.3, -0.25) is 0 Å². The molecule has 0 heterocycles. The molecular weight excluding hydrogens is 220 g/mol. The second-order valence-corrected chi connectivity index (χ2v) is 4.80. The Morgan fingerprint density at radius 3 is 2.22 bits per heavy atom. The van der Waals surface area contributed by atoms with E-state index in [1.807, 2.05) is 0 Å². The van der Waals surface area contributed by atoms with Gasteiger partial charge in [-0.1, -0.05) is 48.5 Å². The molecule has 2 nitrogen and oxygen atoms in total. The normalized spacial score (nSPS) is 10.9. The van der Waals surface area contributed by atoms with E-state index < -0.39 is 0 Å². The fourth-order valence-electron chi connectivity index (χ4n) is 2.10. The summed E-state index contributed by atoms with van der Waals surface area (Å²) in [7, 11) is 4.18. The van der Waals surface area contributed by atoms with Crippen molar-refractivity contribution in [3.63, 3.8) is 0 Å². The fraction of sp³-hybridized carbons (Fsp3) is 0.250. The number of hydrogen-bond donors (Lipinski definition) is 1. The van der Waals surface area contributed by atoms with Gasteiger partial charge < -0.3 is 10.6 Å². The Morgan fingerprint density at radius 1 is 0.944 bits per heavy atom. The third-order valence-electron chi connectivity index (χ3n) is 3.00. The minimum absolute atomic E-state index is 0.597. The SMILES string of the molecule is CN(C)Cc1ccccc1-c1ccc(CN)cc1. The summed E-state index contributed by atoms with van der Waals surface area (Å²) in [6, 6.07) is 17.0. The molecule has 0 aromatic heterocycles. The van der Waals surface area contributed by atoms with Crippen molar-refractivity contribution in [2.75, 3.05) is 14.1 Å². The topological polar surface area (TPSA) is 29.3 Å². The lowest BCUT2D eigenvalue weighted by Crippen LogP contribution is -2.11. The summed E-state index contributed by atoms with van der Waals surface area (Å²) in [6.07, 6.45) is 0. The number of nitrogens with two attached hydrogens (primary N) is 1. The molecule has 2 N–H and O–H groups in total. The lowest BCUT2D eigenvalue weighted by molar-refractivity contribution is 0.403. The lowest BCUT2D eigenvalue weighted by Gasteiger charge is -2.14. The minimum atomic E-state index is 0.597. The second-order valence-electron chi connectivity index (χ2n) is 4.80. The third-order valence-corrected chi connectivity index (χ3v) is 3.00. The van der Waals surface area contributed by atoms with E-state index in [-0.39, 0.29) is 0 Å². The molecule has 0 amide bonds. The summed E-state index contributed by atoms with van der Waals surface area (Å²) in [5.41, 5.74) is 10.7. The molecule has 0 bridgehead atoms. The van der Waals surface area contributed by atoms with Gasteiger partial charge in [0.05, 0.1) is 0 Å². The highest BCUT2D eigenvalue weighted by Gasteiger charge is 2.05. The highest BCUT2D eigenvalue weighted by Crippen LogP contribution is 2.24. The molecule has 18 heavy (non-hydrogen) atoms. The van der Waals surface area contributed by atoms with Crippen molar-refractivity contribution in [3.8, 4) is 11.1 Å². The first-order valence-corrected chi connectivity index (χ1v) is 6.22. The molecule has 2 rings (SSSR count). The van der Waals surface area contributed by atoms with Crippen LogP contribution in [-0.4, -0.2) is 19.0 Å². The van der Waals surface area contributed by atoms with Crippen molar-refractivity contribution in [1.82, 2.24) is 4.90 Å². The molecule has 2 heteroatoms. The van der Waals surface area contributed by atoms with Crippen molar-refractivity contribution < 1.29 is 0 Å². The molecule has 2 aromatic carbocycles. The Bertz CT molecular complexity index is 501. The maximum atomic E-state index is 5.63. The van der Waals surface area contributed by atoms with Gasteiger partial charge in [-0.25, -0.2) is 0 Å². The Kier molecular flexibility index (Phi) is 4.13. The number of rotatable bonds is 4. The Hall–Kier alpha value is -1.64. The van der Waals surface area contributed by atoms with E-state index in [9.17, 15) is 0 Å². The van der Waals surface area contributed by atoms with Crippen LogP contribution in [-0.2, 0) is 13.1 Å². The fourth-order valence-corrected chi connectivity index (χ4v) is 2.10. The first-order chi connectivity index (χ1) is 8.70. The van der Waals surface area contributed by atoms with Gasteiger partial charge in [-0.15, -0.1) is 0 Å². The summed E-state index contributed by atoms with van der Waals surface area (Å²) in [5, 5.41) is 0. The van der Waals surface area contributed by atoms with Crippen molar-refractivity contribution in [3.05, 3.63) is 59.7 Å². The van der Waals surface area contributed by atoms with Crippen LogP contribution in [0.1, 0.15) is 11.1 Å². The van der Waals surface area contributed by atoms with Gasteiger partial charge in [0.25, 0.3) is 0 Å². The first-order valence-electron chi connectivity index (χ1n) is 6.22. The number of nitrogens with zero attached hydrogens (tertiary/aromatic N) is 1. The highest BCUT2D eigenvalue weighted by molar-refractivity contribution is 5.67. The molecule has 0 radical (unpaired) electrons. The van der Waals surface area contributed by atoms with Crippen LogP contribution in [0.15, 0.2) is 48.5 Å². The summed E-state index contributed by atoms with van der Waals surface area (Å²) in [5.74, 6) is 0. The molecule has 0 unspecified atom stereocenters. The molecule has 94 valence electrons. The number of hydrogen-bond acceptors (Lipinski definition) is 2. The average Bonchev–Trinajstić information content (AvgIpc) is 2.39. The second kappa shape index (κ2) is 5.80. The molecule has 0 saturated heterocycles.